The first-order valence-electron chi connectivity index (χ1n) is 9.07. The van der Waals surface area contributed by atoms with Crippen LogP contribution in [0.25, 0.3) is 10.9 Å². The van der Waals surface area contributed by atoms with Gasteiger partial charge in [-0.05, 0) is 42.2 Å². The van der Waals surface area contributed by atoms with E-state index in [1.165, 1.54) is 6.20 Å². The number of hydrogen-bond donors (Lipinski definition) is 1. The summed E-state index contributed by atoms with van der Waals surface area (Å²) in [5.74, 6) is -1.36. The Morgan fingerprint density at radius 3 is 2.57 bits per heavy atom. The van der Waals surface area contributed by atoms with Crippen LogP contribution in [0, 0.1) is 0 Å². The highest BCUT2D eigenvalue weighted by molar-refractivity contribution is 7.90. The number of aromatic nitrogens is 1. The van der Waals surface area contributed by atoms with Crippen LogP contribution in [0.5, 0.6) is 0 Å². The van der Waals surface area contributed by atoms with Gasteiger partial charge in [-0.25, -0.2) is 13.2 Å². The maximum Gasteiger partial charge on any atom is 0.341 e. The van der Waals surface area contributed by atoms with Gasteiger partial charge in [0.1, 0.15) is 15.4 Å². The molecule has 0 aliphatic rings. The predicted octanol–water partition coefficient (Wildman–Crippen LogP) is 4.03. The van der Waals surface area contributed by atoms with Crippen LogP contribution in [0.2, 0.25) is 10.0 Å². The van der Waals surface area contributed by atoms with Crippen LogP contribution < -0.4 is 5.43 Å². The number of halogens is 2. The van der Waals surface area contributed by atoms with E-state index in [1.54, 1.807) is 28.8 Å². The van der Waals surface area contributed by atoms with E-state index in [0.717, 1.165) is 17.4 Å². The van der Waals surface area contributed by atoms with Crippen molar-refractivity contribution < 1.29 is 18.3 Å². The number of hydrogen-bond acceptors (Lipinski definition) is 4. The highest BCUT2D eigenvalue weighted by atomic mass is 35.5. The van der Waals surface area contributed by atoms with Gasteiger partial charge < -0.3 is 9.67 Å². The minimum atomic E-state index is -3.15. The van der Waals surface area contributed by atoms with Crippen LogP contribution in [0.1, 0.15) is 27.9 Å². The number of sulfone groups is 1. The average molecular weight is 468 g/mol. The Balaban J connectivity index is 2.06. The Labute approximate surface area is 183 Å². The first kappa shape index (κ1) is 22.3. The van der Waals surface area contributed by atoms with E-state index in [2.05, 4.69) is 0 Å². The lowest BCUT2D eigenvalue weighted by molar-refractivity contribution is 0.0694. The molecule has 9 heteroatoms. The second-order valence-electron chi connectivity index (χ2n) is 7.10. The van der Waals surface area contributed by atoms with Crippen molar-refractivity contribution in [2.24, 2.45) is 0 Å². The van der Waals surface area contributed by atoms with Crippen LogP contribution in [0.3, 0.4) is 0 Å². The van der Waals surface area contributed by atoms with Gasteiger partial charge >= 0.3 is 5.97 Å². The van der Waals surface area contributed by atoms with E-state index >= 15 is 0 Å². The van der Waals surface area contributed by atoms with Gasteiger partial charge in [0, 0.05) is 24.4 Å². The second kappa shape index (κ2) is 8.79. The molecule has 0 aliphatic heterocycles. The van der Waals surface area contributed by atoms with E-state index in [4.69, 9.17) is 23.2 Å². The molecule has 3 aromatic rings. The molecular weight excluding hydrogens is 449 g/mol. The fraction of sp³-hybridized carbons (Fsp3) is 0.238. The zero-order chi connectivity index (χ0) is 22.1. The van der Waals surface area contributed by atoms with Crippen LogP contribution >= 0.6 is 23.2 Å². The largest absolute Gasteiger partial charge is 0.477 e. The first-order valence-corrected chi connectivity index (χ1v) is 11.9. The molecule has 1 N–H and O–H groups in total. The van der Waals surface area contributed by atoms with Gasteiger partial charge in [0.2, 0.25) is 5.43 Å². The lowest BCUT2D eigenvalue weighted by Crippen LogP contribution is -2.20. The monoisotopic (exact) mass is 467 g/mol. The fourth-order valence-corrected chi connectivity index (χ4v) is 4.33. The molecule has 0 unspecified atom stereocenters. The zero-order valence-corrected chi connectivity index (χ0v) is 18.4. The van der Waals surface area contributed by atoms with Crippen molar-refractivity contribution >= 4 is 49.9 Å². The molecule has 30 heavy (non-hydrogen) atoms. The molecule has 6 nitrogen and oxygen atoms in total. The van der Waals surface area contributed by atoms with E-state index in [9.17, 15) is 23.1 Å². The molecule has 0 spiro atoms. The van der Waals surface area contributed by atoms with Crippen molar-refractivity contribution in [1.82, 2.24) is 4.57 Å². The molecule has 0 saturated carbocycles. The predicted molar refractivity (Wildman–Crippen MR) is 119 cm³/mol. The summed E-state index contributed by atoms with van der Waals surface area (Å²) < 4.78 is 24.4. The van der Waals surface area contributed by atoms with Crippen LogP contribution in [-0.2, 0) is 22.8 Å². The molecule has 158 valence electrons. The normalized spacial score (nSPS) is 11.7. The summed E-state index contributed by atoms with van der Waals surface area (Å²) >= 11 is 12.3. The number of fused-ring (bicyclic) bond motifs is 1. The summed E-state index contributed by atoms with van der Waals surface area (Å²) in [6.45, 7) is 0.267. The molecule has 1 aromatic heterocycles. The molecular formula is C21H19Cl2NO5S. The number of aryl methyl sites for hydroxylation is 1. The molecule has 0 amide bonds. The molecule has 3 rings (SSSR count). The molecule has 0 saturated heterocycles. The van der Waals surface area contributed by atoms with Gasteiger partial charge in [-0.3, -0.25) is 4.79 Å². The third-order valence-corrected chi connectivity index (χ3v) is 6.60. The number of aromatic carboxylic acids is 1. The van der Waals surface area contributed by atoms with E-state index in [1.807, 2.05) is 12.1 Å². The maximum absolute atomic E-state index is 12.7. The summed E-state index contributed by atoms with van der Waals surface area (Å²) in [5.41, 5.74) is 1.15. The van der Waals surface area contributed by atoms with Crippen LogP contribution in [0.15, 0.2) is 47.4 Å². The van der Waals surface area contributed by atoms with Gasteiger partial charge in [0.15, 0.2) is 0 Å². The van der Waals surface area contributed by atoms with Gasteiger partial charge in [0.05, 0.1) is 21.3 Å². The van der Waals surface area contributed by atoms with Gasteiger partial charge in [-0.1, -0.05) is 41.4 Å². The number of pyridine rings is 1. The van der Waals surface area contributed by atoms with E-state index in [0.29, 0.717) is 28.4 Å². The molecule has 1 heterocycles. The first-order chi connectivity index (χ1) is 14.1. The third-order valence-electron chi connectivity index (χ3n) is 4.72. The smallest absolute Gasteiger partial charge is 0.341 e. The molecule has 0 bridgehead atoms. The van der Waals surface area contributed by atoms with E-state index < -0.39 is 21.2 Å². The van der Waals surface area contributed by atoms with Gasteiger partial charge in [-0.15, -0.1) is 0 Å². The quantitative estimate of drug-likeness (QED) is 0.565. The summed E-state index contributed by atoms with van der Waals surface area (Å²) in [5, 5.41) is 10.5. The highest BCUT2D eigenvalue weighted by Gasteiger charge is 2.16. The SMILES string of the molecule is CS(=O)(=O)CCCn1cc(C(=O)O)c(=O)c2cc(Cc3cccc(Cl)c3Cl)ccc21. The summed E-state index contributed by atoms with van der Waals surface area (Å²) in [6.07, 6.45) is 3.13. The minimum Gasteiger partial charge on any atom is -0.477 e. The maximum atomic E-state index is 12.7. The molecule has 0 radical (unpaired) electrons. The van der Waals surface area contributed by atoms with E-state index in [-0.39, 0.29) is 23.2 Å². The minimum absolute atomic E-state index is 0.0334. The number of carboxylic acids is 1. The fourth-order valence-electron chi connectivity index (χ4n) is 3.29. The van der Waals surface area contributed by atoms with Gasteiger partial charge in [0.25, 0.3) is 0 Å². The van der Waals surface area contributed by atoms with Crippen molar-refractivity contribution in [3.05, 3.63) is 79.6 Å². The highest BCUT2D eigenvalue weighted by Crippen LogP contribution is 2.28. The topological polar surface area (TPSA) is 93.4 Å². The second-order valence-corrected chi connectivity index (χ2v) is 10.1. The zero-order valence-electron chi connectivity index (χ0n) is 16.1. The van der Waals surface area contributed by atoms with Crippen molar-refractivity contribution in [1.29, 1.82) is 0 Å². The Kier molecular flexibility index (Phi) is 6.55. The van der Waals surface area contributed by atoms with Crippen molar-refractivity contribution in [2.45, 2.75) is 19.4 Å². The number of benzene rings is 2. The Morgan fingerprint density at radius 1 is 1.17 bits per heavy atom. The molecule has 2 aromatic carbocycles. The number of carboxylic acid groups (broad SMARTS) is 1. The molecule has 0 aliphatic carbocycles. The standard InChI is InChI=1S/C21H19Cl2NO5S/c1-30(28,29)9-3-8-24-12-16(21(26)27)20(25)15-11-13(6-7-18(15)24)10-14-4-2-5-17(22)19(14)23/h2,4-7,11-12H,3,8-10H2,1H3,(H,26,27). The Hall–Kier alpha value is -2.35. The van der Waals surface area contributed by atoms with Crippen molar-refractivity contribution in [2.75, 3.05) is 12.0 Å². The Morgan fingerprint density at radius 2 is 1.90 bits per heavy atom. The van der Waals surface area contributed by atoms with Crippen LogP contribution in [-0.4, -0.2) is 36.1 Å². The summed E-state index contributed by atoms with van der Waals surface area (Å²) in [4.78, 5) is 24.3. The van der Waals surface area contributed by atoms with Gasteiger partial charge in [-0.2, -0.15) is 0 Å². The summed E-state index contributed by atoms with van der Waals surface area (Å²) in [7, 11) is -3.15. The number of nitrogens with zero attached hydrogens (tertiary/aromatic N) is 1. The van der Waals surface area contributed by atoms with Crippen molar-refractivity contribution in [3.63, 3.8) is 0 Å². The number of carbonyl (C=O) groups is 1. The molecule has 0 fully saturated rings. The Bertz CT molecular complexity index is 1300. The third kappa shape index (κ3) is 5.03. The van der Waals surface area contributed by atoms with Crippen molar-refractivity contribution in [3.8, 4) is 0 Å². The lowest BCUT2D eigenvalue weighted by Gasteiger charge is -2.13. The number of rotatable bonds is 7. The summed E-state index contributed by atoms with van der Waals surface area (Å²) in [6, 6.07) is 10.5. The van der Waals surface area contributed by atoms with Crippen LogP contribution in [0.4, 0.5) is 0 Å². The molecule has 0 atom stereocenters. The lowest BCUT2D eigenvalue weighted by atomic mass is 10.0. The average Bonchev–Trinajstić information content (AvgIpc) is 2.66.